The maximum absolute atomic E-state index is 13.6. The molecular formula is C27H39BN2O3. The van der Waals surface area contributed by atoms with E-state index >= 15 is 0 Å². The fourth-order valence-electron chi connectivity index (χ4n) is 6.88. The van der Waals surface area contributed by atoms with Crippen LogP contribution in [0.5, 0.6) is 0 Å². The van der Waals surface area contributed by atoms with E-state index in [1.807, 2.05) is 0 Å². The number of benzene rings is 1. The number of rotatable bonds is 3. The van der Waals surface area contributed by atoms with E-state index in [0.29, 0.717) is 12.1 Å². The molecule has 7 rings (SSSR count). The minimum atomic E-state index is -0.487. The van der Waals surface area contributed by atoms with Gasteiger partial charge in [-0.1, -0.05) is 12.1 Å². The number of amides is 1. The van der Waals surface area contributed by atoms with Gasteiger partial charge in [-0.3, -0.25) is 9.69 Å². The molecule has 2 aliphatic carbocycles. The summed E-state index contributed by atoms with van der Waals surface area (Å²) in [6, 6.07) is 8.13. The van der Waals surface area contributed by atoms with Crippen molar-refractivity contribution in [3.8, 4) is 0 Å². The van der Waals surface area contributed by atoms with Gasteiger partial charge in [-0.15, -0.1) is 0 Å². The summed E-state index contributed by atoms with van der Waals surface area (Å²) in [6.45, 7) is 13.8. The van der Waals surface area contributed by atoms with Crippen molar-refractivity contribution < 1.29 is 14.1 Å². The van der Waals surface area contributed by atoms with Gasteiger partial charge in [-0.2, -0.15) is 0 Å². The molecule has 6 heteroatoms. The zero-order valence-corrected chi connectivity index (χ0v) is 21.2. The summed E-state index contributed by atoms with van der Waals surface area (Å²) in [7, 11) is -0.404. The second-order valence-electron chi connectivity index (χ2n) is 12.8. The standard InChI is InChI=1S/C27H39BN2O3/c1-25(2)22-12-9-18(28-32-26(3,4)27(5,6)33-28)13-23(22)30(24(25)31)21-14-20(15-21)29-16-17-7-10-19(29)11-8-17/h9,12-13,17,19-21H,7-8,10-11,14-16H2,1-6H3. The van der Waals surface area contributed by atoms with Crippen LogP contribution in [0.25, 0.3) is 0 Å². The third-order valence-corrected chi connectivity index (χ3v) is 9.91. The van der Waals surface area contributed by atoms with Crippen molar-refractivity contribution in [3.63, 3.8) is 0 Å². The number of anilines is 1. The lowest BCUT2D eigenvalue weighted by Crippen LogP contribution is -2.61. The fraction of sp³-hybridized carbons (Fsp3) is 0.741. The summed E-state index contributed by atoms with van der Waals surface area (Å²) in [5.74, 6) is 1.15. The van der Waals surface area contributed by atoms with E-state index < -0.39 is 12.5 Å². The van der Waals surface area contributed by atoms with Gasteiger partial charge in [0.05, 0.1) is 16.6 Å². The summed E-state index contributed by atoms with van der Waals surface area (Å²) in [4.78, 5) is 18.5. The molecule has 0 atom stereocenters. The fourth-order valence-corrected chi connectivity index (χ4v) is 6.88. The van der Waals surface area contributed by atoms with Crippen molar-refractivity contribution in [3.05, 3.63) is 23.8 Å². The maximum Gasteiger partial charge on any atom is 0.494 e. The zero-order chi connectivity index (χ0) is 23.3. The number of piperidine rings is 2. The second kappa shape index (κ2) is 7.08. The largest absolute Gasteiger partial charge is 0.494 e. The average molecular weight is 450 g/mol. The van der Waals surface area contributed by atoms with E-state index in [1.165, 1.54) is 32.2 Å². The Hall–Kier alpha value is -1.37. The number of carbonyl (C=O) groups is 1. The Morgan fingerprint density at radius 3 is 2.09 bits per heavy atom. The molecule has 4 heterocycles. The number of fused-ring (bicyclic) bond motifs is 4. The van der Waals surface area contributed by atoms with Crippen molar-refractivity contribution in [1.29, 1.82) is 0 Å². The Bertz CT molecular complexity index is 960. The molecule has 5 fully saturated rings. The van der Waals surface area contributed by atoms with E-state index in [1.54, 1.807) is 0 Å². The molecule has 178 valence electrons. The van der Waals surface area contributed by atoms with Crippen molar-refractivity contribution in [2.45, 2.75) is 115 Å². The van der Waals surface area contributed by atoms with Gasteiger partial charge >= 0.3 is 7.12 Å². The molecule has 33 heavy (non-hydrogen) atoms. The summed E-state index contributed by atoms with van der Waals surface area (Å²) in [5, 5.41) is 0. The van der Waals surface area contributed by atoms with Crippen LogP contribution < -0.4 is 10.4 Å². The molecule has 5 nitrogen and oxygen atoms in total. The summed E-state index contributed by atoms with van der Waals surface area (Å²) in [5.41, 5.74) is 1.97. The van der Waals surface area contributed by atoms with Gasteiger partial charge in [0, 0.05) is 30.4 Å². The van der Waals surface area contributed by atoms with Crippen molar-refractivity contribution in [1.82, 2.24) is 4.90 Å². The molecule has 0 spiro atoms. The van der Waals surface area contributed by atoms with Gasteiger partial charge in [0.15, 0.2) is 0 Å². The molecule has 1 amide bonds. The molecule has 1 aromatic carbocycles. The molecule has 2 bridgehead atoms. The van der Waals surface area contributed by atoms with Gasteiger partial charge in [0.1, 0.15) is 0 Å². The lowest BCUT2D eigenvalue weighted by molar-refractivity contribution is -0.123. The molecule has 4 aliphatic heterocycles. The van der Waals surface area contributed by atoms with E-state index in [-0.39, 0.29) is 17.1 Å². The highest BCUT2D eigenvalue weighted by Gasteiger charge is 2.54. The number of hydrogen-bond acceptors (Lipinski definition) is 4. The first-order valence-electron chi connectivity index (χ1n) is 13.1. The molecule has 2 saturated carbocycles. The molecule has 1 aromatic rings. The Morgan fingerprint density at radius 1 is 0.879 bits per heavy atom. The van der Waals surface area contributed by atoms with Crippen LogP contribution in [0.1, 0.15) is 85.6 Å². The van der Waals surface area contributed by atoms with E-state index in [0.717, 1.165) is 41.5 Å². The third-order valence-electron chi connectivity index (χ3n) is 9.91. The lowest BCUT2D eigenvalue weighted by atomic mass is 9.75. The second-order valence-corrected chi connectivity index (χ2v) is 12.8. The van der Waals surface area contributed by atoms with Gasteiger partial charge in [0.25, 0.3) is 0 Å². The van der Waals surface area contributed by atoms with Crippen LogP contribution >= 0.6 is 0 Å². The minimum absolute atomic E-state index is 0.243. The first-order chi connectivity index (χ1) is 15.5. The monoisotopic (exact) mass is 450 g/mol. The van der Waals surface area contributed by atoms with E-state index in [2.05, 4.69) is 69.5 Å². The van der Waals surface area contributed by atoms with Crippen LogP contribution in [-0.2, 0) is 19.5 Å². The predicted molar refractivity (Wildman–Crippen MR) is 132 cm³/mol. The quantitative estimate of drug-likeness (QED) is 0.653. The van der Waals surface area contributed by atoms with Crippen LogP contribution in [0.2, 0.25) is 0 Å². The Morgan fingerprint density at radius 2 is 1.52 bits per heavy atom. The number of hydrogen-bond donors (Lipinski definition) is 0. The lowest BCUT2D eigenvalue weighted by Gasteiger charge is -2.54. The molecule has 6 aliphatic rings. The third kappa shape index (κ3) is 3.20. The van der Waals surface area contributed by atoms with Gasteiger partial charge < -0.3 is 14.2 Å². The first kappa shape index (κ1) is 22.1. The van der Waals surface area contributed by atoms with Gasteiger partial charge in [0.2, 0.25) is 5.91 Å². The molecule has 0 radical (unpaired) electrons. The van der Waals surface area contributed by atoms with Crippen LogP contribution in [0.4, 0.5) is 5.69 Å². The predicted octanol–water partition coefficient (Wildman–Crippen LogP) is 4.02. The number of nitrogens with zero attached hydrogens (tertiary/aromatic N) is 2. The Labute approximate surface area is 199 Å². The summed E-state index contributed by atoms with van der Waals surface area (Å²) < 4.78 is 12.6. The SMILES string of the molecule is CC1(C)C(=O)N(C2CC(N3CC4CCC3CC4)C2)c2cc(B3OC(C)(C)C(C)(C)O3)ccc21. The Kier molecular flexibility index (Phi) is 4.75. The maximum atomic E-state index is 13.6. The highest BCUT2D eigenvalue weighted by atomic mass is 16.7. The van der Waals surface area contributed by atoms with Crippen LogP contribution in [0, 0.1) is 5.92 Å². The first-order valence-corrected chi connectivity index (χ1v) is 13.1. The number of carbonyl (C=O) groups excluding carboxylic acids is 1. The molecule has 0 N–H and O–H groups in total. The van der Waals surface area contributed by atoms with Gasteiger partial charge in [-0.05, 0) is 103 Å². The molecular weight excluding hydrogens is 411 g/mol. The van der Waals surface area contributed by atoms with Crippen molar-refractivity contribution in [2.24, 2.45) is 5.92 Å². The molecule has 0 aromatic heterocycles. The topological polar surface area (TPSA) is 42.0 Å². The highest BCUT2D eigenvalue weighted by Crippen LogP contribution is 2.48. The zero-order valence-electron chi connectivity index (χ0n) is 21.2. The Balaban J connectivity index is 1.25. The normalized spacial score (nSPS) is 36.2. The summed E-state index contributed by atoms with van der Waals surface area (Å²) >= 11 is 0. The van der Waals surface area contributed by atoms with Crippen molar-refractivity contribution in [2.75, 3.05) is 11.4 Å². The minimum Gasteiger partial charge on any atom is -0.399 e. The molecule has 3 saturated heterocycles. The van der Waals surface area contributed by atoms with E-state index in [4.69, 9.17) is 9.31 Å². The highest BCUT2D eigenvalue weighted by molar-refractivity contribution is 6.62. The van der Waals surface area contributed by atoms with Gasteiger partial charge in [-0.25, -0.2) is 0 Å². The average Bonchev–Trinajstić information content (AvgIpc) is 3.08. The van der Waals surface area contributed by atoms with Crippen LogP contribution in [-0.4, -0.2) is 53.8 Å². The van der Waals surface area contributed by atoms with Crippen molar-refractivity contribution >= 4 is 24.2 Å². The van der Waals surface area contributed by atoms with Crippen LogP contribution in [0.3, 0.4) is 0 Å². The van der Waals surface area contributed by atoms with Crippen LogP contribution in [0.15, 0.2) is 18.2 Å². The smallest absolute Gasteiger partial charge is 0.399 e. The summed E-state index contributed by atoms with van der Waals surface area (Å²) in [6.07, 6.45) is 7.80. The van der Waals surface area contributed by atoms with E-state index in [9.17, 15) is 4.79 Å². The molecule has 0 unspecified atom stereocenters.